The van der Waals surface area contributed by atoms with Gasteiger partial charge in [0.2, 0.25) is 5.75 Å². The van der Waals surface area contributed by atoms with Crippen molar-refractivity contribution >= 4 is 38.8 Å². The van der Waals surface area contributed by atoms with Gasteiger partial charge in [0.05, 0.1) is 37.2 Å². The Morgan fingerprint density at radius 1 is 1.26 bits per heavy atom. The Labute approximate surface area is 159 Å². The van der Waals surface area contributed by atoms with E-state index in [0.717, 1.165) is 10.2 Å². The van der Waals surface area contributed by atoms with E-state index in [-0.39, 0.29) is 29.7 Å². The topological polar surface area (TPSA) is 105 Å². The Morgan fingerprint density at radius 3 is 2.63 bits per heavy atom. The molecule has 3 aromatic rings. The zero-order valence-corrected chi connectivity index (χ0v) is 15.5. The van der Waals surface area contributed by atoms with Gasteiger partial charge in [-0.05, 0) is 24.3 Å². The summed E-state index contributed by atoms with van der Waals surface area (Å²) in [6.07, 6.45) is 1.43. The highest BCUT2D eigenvalue weighted by Crippen LogP contribution is 2.36. The number of benzene rings is 2. The van der Waals surface area contributed by atoms with Crippen molar-refractivity contribution in [2.75, 3.05) is 26.1 Å². The summed E-state index contributed by atoms with van der Waals surface area (Å²) in [6.45, 7) is 0.0411. The molecule has 27 heavy (non-hydrogen) atoms. The van der Waals surface area contributed by atoms with Crippen molar-refractivity contribution in [2.45, 2.75) is 0 Å². The largest absolute Gasteiger partial charge is 0.502 e. The van der Waals surface area contributed by atoms with E-state index in [9.17, 15) is 9.90 Å². The van der Waals surface area contributed by atoms with Crippen LogP contribution in [0.1, 0.15) is 5.56 Å². The van der Waals surface area contributed by atoms with E-state index in [4.69, 9.17) is 9.47 Å². The number of nitrogens with one attached hydrogen (secondary N) is 2. The van der Waals surface area contributed by atoms with Gasteiger partial charge in [-0.1, -0.05) is 23.5 Å². The van der Waals surface area contributed by atoms with Crippen LogP contribution in [-0.4, -0.2) is 43.0 Å². The quantitative estimate of drug-likeness (QED) is 0.426. The number of carbonyl (C=O) groups is 1. The van der Waals surface area contributed by atoms with Gasteiger partial charge in [-0.3, -0.25) is 4.79 Å². The average molecular weight is 386 g/mol. The Bertz CT molecular complexity index is 928. The molecule has 140 valence electrons. The van der Waals surface area contributed by atoms with Crippen molar-refractivity contribution in [1.29, 1.82) is 0 Å². The first-order chi connectivity index (χ1) is 13.1. The van der Waals surface area contributed by atoms with E-state index in [1.54, 1.807) is 12.1 Å². The third kappa shape index (κ3) is 4.45. The van der Waals surface area contributed by atoms with Gasteiger partial charge in [-0.2, -0.15) is 5.10 Å². The number of hydrazone groups is 1. The van der Waals surface area contributed by atoms with Crippen molar-refractivity contribution < 1.29 is 19.4 Å². The van der Waals surface area contributed by atoms with E-state index in [1.807, 2.05) is 24.3 Å². The summed E-state index contributed by atoms with van der Waals surface area (Å²) in [5.74, 6) is 0.0868. The summed E-state index contributed by atoms with van der Waals surface area (Å²) in [4.78, 5) is 16.3. The minimum Gasteiger partial charge on any atom is -0.502 e. The zero-order chi connectivity index (χ0) is 19.2. The summed E-state index contributed by atoms with van der Waals surface area (Å²) in [5, 5.41) is 17.4. The second-order valence-corrected chi connectivity index (χ2v) is 6.44. The van der Waals surface area contributed by atoms with Crippen LogP contribution >= 0.6 is 11.3 Å². The molecule has 0 saturated carbocycles. The molecular weight excluding hydrogens is 368 g/mol. The number of anilines is 1. The molecule has 0 atom stereocenters. The minimum atomic E-state index is -0.316. The molecule has 0 spiro atoms. The number of phenolic OH excluding ortho intramolecular Hbond substituents is 1. The Hall–Kier alpha value is -3.33. The molecule has 3 rings (SSSR count). The van der Waals surface area contributed by atoms with Crippen molar-refractivity contribution in [2.24, 2.45) is 5.10 Å². The normalized spacial score (nSPS) is 10.9. The first-order valence-electron chi connectivity index (χ1n) is 7.97. The summed E-state index contributed by atoms with van der Waals surface area (Å²) in [7, 11) is 2.87. The van der Waals surface area contributed by atoms with Crippen molar-refractivity contribution in [3.05, 3.63) is 42.0 Å². The van der Waals surface area contributed by atoms with Gasteiger partial charge >= 0.3 is 0 Å². The van der Waals surface area contributed by atoms with E-state index < -0.39 is 0 Å². The maximum absolute atomic E-state index is 11.9. The molecule has 0 aliphatic carbocycles. The van der Waals surface area contributed by atoms with Gasteiger partial charge in [0, 0.05) is 5.56 Å². The number of para-hydroxylation sites is 1. The molecule has 1 aromatic heterocycles. The van der Waals surface area contributed by atoms with Crippen LogP contribution in [0.25, 0.3) is 10.2 Å². The number of carbonyl (C=O) groups excluding carboxylic acids is 1. The van der Waals surface area contributed by atoms with E-state index in [2.05, 4.69) is 20.8 Å². The molecule has 0 bridgehead atoms. The number of phenols is 1. The standard InChI is InChI=1S/C18H18N4O4S/c1-25-13-7-11(8-14(26-2)17(13)24)9-20-22-16(23)10-19-18-21-12-5-3-4-6-15(12)27-18/h3-9,24H,10H2,1-2H3,(H,19,21)(H,22,23)/b20-9+. The molecule has 0 aliphatic rings. The van der Waals surface area contributed by atoms with Gasteiger partial charge in [-0.25, -0.2) is 10.4 Å². The highest BCUT2D eigenvalue weighted by Gasteiger charge is 2.10. The third-order valence-electron chi connectivity index (χ3n) is 3.60. The first-order valence-corrected chi connectivity index (χ1v) is 8.78. The van der Waals surface area contributed by atoms with Crippen molar-refractivity contribution in [3.8, 4) is 17.2 Å². The summed E-state index contributed by atoms with van der Waals surface area (Å²) < 4.78 is 11.2. The molecule has 8 nitrogen and oxygen atoms in total. The van der Waals surface area contributed by atoms with Crippen LogP contribution in [0.2, 0.25) is 0 Å². The zero-order valence-electron chi connectivity index (χ0n) is 14.7. The summed E-state index contributed by atoms with van der Waals surface area (Å²) in [6, 6.07) is 10.9. The number of fused-ring (bicyclic) bond motifs is 1. The van der Waals surface area contributed by atoms with Crippen LogP contribution < -0.4 is 20.2 Å². The summed E-state index contributed by atoms with van der Waals surface area (Å²) >= 11 is 1.48. The number of methoxy groups -OCH3 is 2. The number of amides is 1. The lowest BCUT2D eigenvalue weighted by molar-refractivity contribution is -0.119. The van der Waals surface area contributed by atoms with Crippen LogP contribution in [0.4, 0.5) is 5.13 Å². The SMILES string of the molecule is COc1cc(/C=N/NC(=O)CNc2nc3ccccc3s2)cc(OC)c1O. The lowest BCUT2D eigenvalue weighted by Gasteiger charge is -2.09. The van der Waals surface area contributed by atoms with Gasteiger partial charge < -0.3 is 19.9 Å². The molecule has 0 aliphatic heterocycles. The fourth-order valence-electron chi connectivity index (χ4n) is 2.31. The fourth-order valence-corrected chi connectivity index (χ4v) is 3.17. The molecule has 1 heterocycles. The molecule has 2 aromatic carbocycles. The highest BCUT2D eigenvalue weighted by atomic mass is 32.1. The van der Waals surface area contributed by atoms with Gasteiger partial charge in [0.25, 0.3) is 5.91 Å². The second kappa shape index (κ2) is 8.37. The lowest BCUT2D eigenvalue weighted by atomic mass is 10.2. The Kier molecular flexibility index (Phi) is 5.72. The third-order valence-corrected chi connectivity index (χ3v) is 4.59. The predicted octanol–water partition coefficient (Wildman–Crippen LogP) is 2.58. The van der Waals surface area contributed by atoms with E-state index in [0.29, 0.717) is 10.7 Å². The number of aromatic hydroxyl groups is 1. The molecular formula is C18H18N4O4S. The monoisotopic (exact) mass is 386 g/mol. The Balaban J connectivity index is 1.57. The number of nitrogens with zero attached hydrogens (tertiary/aromatic N) is 2. The van der Waals surface area contributed by atoms with Crippen molar-refractivity contribution in [3.63, 3.8) is 0 Å². The molecule has 0 unspecified atom stereocenters. The van der Waals surface area contributed by atoms with E-state index >= 15 is 0 Å². The first kappa shape index (κ1) is 18.5. The number of rotatable bonds is 7. The van der Waals surface area contributed by atoms with Crippen LogP contribution in [-0.2, 0) is 4.79 Å². The minimum absolute atomic E-state index is 0.0411. The molecule has 3 N–H and O–H groups in total. The van der Waals surface area contributed by atoms with Crippen molar-refractivity contribution in [1.82, 2.24) is 10.4 Å². The number of ether oxygens (including phenoxy) is 2. The maximum atomic E-state index is 11.9. The summed E-state index contributed by atoms with van der Waals surface area (Å²) in [5.41, 5.74) is 3.91. The van der Waals surface area contributed by atoms with Gasteiger partial charge in [0.15, 0.2) is 16.6 Å². The smallest absolute Gasteiger partial charge is 0.259 e. The predicted molar refractivity (Wildman–Crippen MR) is 105 cm³/mol. The van der Waals surface area contributed by atoms with E-state index in [1.165, 1.54) is 31.8 Å². The average Bonchev–Trinajstić information content (AvgIpc) is 3.10. The highest BCUT2D eigenvalue weighted by molar-refractivity contribution is 7.22. The van der Waals surface area contributed by atoms with Gasteiger partial charge in [0.1, 0.15) is 0 Å². The number of hydrogen-bond donors (Lipinski definition) is 3. The van der Waals surface area contributed by atoms with Gasteiger partial charge in [-0.15, -0.1) is 0 Å². The number of hydrogen-bond acceptors (Lipinski definition) is 8. The molecule has 9 heteroatoms. The molecule has 0 saturated heterocycles. The van der Waals surface area contributed by atoms with Crippen LogP contribution in [0.15, 0.2) is 41.5 Å². The number of aromatic nitrogens is 1. The molecule has 0 radical (unpaired) electrons. The lowest BCUT2D eigenvalue weighted by Crippen LogP contribution is -2.25. The second-order valence-electron chi connectivity index (χ2n) is 5.41. The molecule has 0 fully saturated rings. The van der Waals surface area contributed by atoms with Crippen LogP contribution in [0.3, 0.4) is 0 Å². The number of thiazole rings is 1. The maximum Gasteiger partial charge on any atom is 0.259 e. The Morgan fingerprint density at radius 2 is 1.96 bits per heavy atom. The van der Waals surface area contributed by atoms with Crippen LogP contribution in [0.5, 0.6) is 17.2 Å². The molecule has 1 amide bonds. The van der Waals surface area contributed by atoms with Crippen LogP contribution in [0, 0.1) is 0 Å². The fraction of sp³-hybridized carbons (Fsp3) is 0.167.